The monoisotopic (exact) mass is 288 g/mol. The van der Waals surface area contributed by atoms with E-state index in [1.165, 1.54) is 25.3 Å². The van der Waals surface area contributed by atoms with Crippen LogP contribution in [0.2, 0.25) is 0 Å². The molecule has 0 aromatic heterocycles. The Hall–Kier alpha value is -1.37. The van der Waals surface area contributed by atoms with Crippen LogP contribution in [-0.4, -0.2) is 24.0 Å². The Kier molecular flexibility index (Phi) is 5.78. The third-order valence-electron chi connectivity index (χ3n) is 3.80. The zero-order chi connectivity index (χ0) is 15.2. The normalized spacial score (nSPS) is 14.4. The molecule has 114 valence electrons. The highest BCUT2D eigenvalue weighted by Crippen LogP contribution is 2.29. The molecule has 0 spiro atoms. The summed E-state index contributed by atoms with van der Waals surface area (Å²) in [6.07, 6.45) is 3.79. The second-order valence-electron chi connectivity index (χ2n) is 6.20. The van der Waals surface area contributed by atoms with E-state index in [0.717, 1.165) is 18.7 Å². The van der Waals surface area contributed by atoms with Crippen LogP contribution in [0.25, 0.3) is 0 Å². The van der Waals surface area contributed by atoms with E-state index in [4.69, 9.17) is 5.73 Å². The number of nitrogens with two attached hydrogens (primary N) is 1. The molecular weight excluding hydrogens is 263 g/mol. The number of halogens is 1. The Bertz CT molecular complexity index is 524. The molecule has 0 amide bonds. The van der Waals surface area contributed by atoms with Gasteiger partial charge in [0.05, 0.1) is 12.1 Å². The van der Waals surface area contributed by atoms with Crippen molar-refractivity contribution in [3.63, 3.8) is 0 Å². The molecule has 3 heteroatoms. The summed E-state index contributed by atoms with van der Waals surface area (Å²) in [4.78, 5) is 2.52. The van der Waals surface area contributed by atoms with Gasteiger partial charge in [-0.25, -0.2) is 4.39 Å². The predicted octanol–water partition coefficient (Wildman–Crippen LogP) is 3.15. The Morgan fingerprint density at radius 3 is 2.76 bits per heavy atom. The summed E-state index contributed by atoms with van der Waals surface area (Å²) in [6.45, 7) is 6.76. The Labute approximate surface area is 127 Å². The topological polar surface area (TPSA) is 29.3 Å². The van der Waals surface area contributed by atoms with E-state index in [0.29, 0.717) is 17.5 Å². The first-order valence-corrected chi connectivity index (χ1v) is 7.81. The van der Waals surface area contributed by atoms with Gasteiger partial charge >= 0.3 is 0 Å². The van der Waals surface area contributed by atoms with E-state index >= 15 is 0 Å². The molecule has 0 saturated heterocycles. The molecule has 0 unspecified atom stereocenters. The molecule has 1 aromatic rings. The quantitative estimate of drug-likeness (QED) is 0.815. The van der Waals surface area contributed by atoms with Crippen molar-refractivity contribution in [2.45, 2.75) is 45.7 Å². The van der Waals surface area contributed by atoms with Crippen LogP contribution in [0.1, 0.15) is 44.2 Å². The molecule has 0 radical (unpaired) electrons. The van der Waals surface area contributed by atoms with Gasteiger partial charge in [-0.15, -0.1) is 0 Å². The van der Waals surface area contributed by atoms with Crippen molar-refractivity contribution in [2.24, 2.45) is 11.7 Å². The first kappa shape index (κ1) is 16.0. The molecule has 0 atom stereocenters. The van der Waals surface area contributed by atoms with Crippen molar-refractivity contribution < 1.29 is 4.39 Å². The zero-order valence-corrected chi connectivity index (χ0v) is 13.0. The van der Waals surface area contributed by atoms with Gasteiger partial charge in [-0.3, -0.25) is 4.90 Å². The van der Waals surface area contributed by atoms with Crippen molar-refractivity contribution in [3.8, 4) is 11.8 Å². The smallest absolute Gasteiger partial charge is 0.138 e. The lowest BCUT2D eigenvalue weighted by Gasteiger charge is -2.23. The van der Waals surface area contributed by atoms with Crippen LogP contribution >= 0.6 is 0 Å². The number of rotatable bonds is 6. The summed E-state index contributed by atoms with van der Waals surface area (Å²) in [5, 5.41) is 0. The number of hydrogen-bond acceptors (Lipinski definition) is 2. The van der Waals surface area contributed by atoms with Gasteiger partial charge in [-0.1, -0.05) is 31.8 Å². The first-order chi connectivity index (χ1) is 10.1. The highest BCUT2D eigenvalue weighted by atomic mass is 19.1. The van der Waals surface area contributed by atoms with E-state index in [-0.39, 0.29) is 12.4 Å². The van der Waals surface area contributed by atoms with Gasteiger partial charge in [0.1, 0.15) is 5.82 Å². The lowest BCUT2D eigenvalue weighted by atomic mass is 10.1. The third-order valence-corrected chi connectivity index (χ3v) is 3.80. The second kappa shape index (κ2) is 7.59. The molecule has 1 aliphatic rings. The first-order valence-electron chi connectivity index (χ1n) is 7.81. The highest BCUT2D eigenvalue weighted by Gasteiger charge is 2.28. The van der Waals surface area contributed by atoms with Gasteiger partial charge in [0.15, 0.2) is 0 Å². The maximum atomic E-state index is 13.7. The molecule has 2 nitrogen and oxygen atoms in total. The second-order valence-corrected chi connectivity index (χ2v) is 6.20. The summed E-state index contributed by atoms with van der Waals surface area (Å²) in [7, 11) is 0. The van der Waals surface area contributed by atoms with Gasteiger partial charge in [0.2, 0.25) is 0 Å². The minimum atomic E-state index is -0.264. The van der Waals surface area contributed by atoms with E-state index in [1.54, 1.807) is 0 Å². The highest BCUT2D eigenvalue weighted by molar-refractivity contribution is 5.38. The molecule has 1 aliphatic carbocycles. The minimum Gasteiger partial charge on any atom is -0.320 e. The molecule has 1 saturated carbocycles. The van der Waals surface area contributed by atoms with Gasteiger partial charge in [0.25, 0.3) is 0 Å². The summed E-state index contributed by atoms with van der Waals surface area (Å²) in [5.41, 5.74) is 6.95. The van der Waals surface area contributed by atoms with Gasteiger partial charge < -0.3 is 5.73 Å². The van der Waals surface area contributed by atoms with Gasteiger partial charge in [-0.2, -0.15) is 0 Å². The van der Waals surface area contributed by atoms with Crippen LogP contribution in [0.5, 0.6) is 0 Å². The van der Waals surface area contributed by atoms with E-state index in [9.17, 15) is 4.39 Å². The molecule has 1 aromatic carbocycles. The van der Waals surface area contributed by atoms with Crippen LogP contribution in [-0.2, 0) is 6.54 Å². The Morgan fingerprint density at radius 1 is 1.38 bits per heavy atom. The molecule has 0 heterocycles. The Balaban J connectivity index is 2.06. The van der Waals surface area contributed by atoms with Crippen LogP contribution in [0.4, 0.5) is 4.39 Å². The molecule has 0 aliphatic heterocycles. The van der Waals surface area contributed by atoms with Gasteiger partial charge in [-0.05, 0) is 49.4 Å². The van der Waals surface area contributed by atoms with Crippen molar-refractivity contribution >= 4 is 0 Å². The SMILES string of the molecule is CC(C)CCN(Cc1ccc(F)c(C#CCN)c1)C1CC1. The van der Waals surface area contributed by atoms with E-state index in [2.05, 4.69) is 30.6 Å². The predicted molar refractivity (Wildman–Crippen MR) is 85.2 cm³/mol. The molecule has 21 heavy (non-hydrogen) atoms. The van der Waals surface area contributed by atoms with E-state index in [1.807, 2.05) is 12.1 Å². The average Bonchev–Trinajstić information content (AvgIpc) is 3.28. The van der Waals surface area contributed by atoms with Crippen LogP contribution < -0.4 is 5.73 Å². The summed E-state index contributed by atoms with van der Waals surface area (Å²) in [5.74, 6) is 5.99. The van der Waals surface area contributed by atoms with Crippen LogP contribution in [0.3, 0.4) is 0 Å². The van der Waals surface area contributed by atoms with E-state index < -0.39 is 0 Å². The minimum absolute atomic E-state index is 0.256. The van der Waals surface area contributed by atoms with Crippen molar-refractivity contribution in [2.75, 3.05) is 13.1 Å². The zero-order valence-electron chi connectivity index (χ0n) is 13.0. The maximum absolute atomic E-state index is 13.7. The third kappa shape index (κ3) is 5.15. The van der Waals surface area contributed by atoms with Gasteiger partial charge in [0, 0.05) is 12.6 Å². The summed E-state index contributed by atoms with van der Waals surface area (Å²) >= 11 is 0. The Morgan fingerprint density at radius 2 is 2.14 bits per heavy atom. The fraction of sp³-hybridized carbons (Fsp3) is 0.556. The standard InChI is InChI=1S/C18H25FN2/c1-14(2)9-11-21(17-6-7-17)13-15-5-8-18(19)16(12-15)4-3-10-20/h5,8,12,14,17H,6-7,9-11,13,20H2,1-2H3. The summed E-state index contributed by atoms with van der Waals surface area (Å²) in [6, 6.07) is 5.97. The van der Waals surface area contributed by atoms with Crippen LogP contribution in [0, 0.1) is 23.6 Å². The van der Waals surface area contributed by atoms with Crippen molar-refractivity contribution in [1.82, 2.24) is 4.90 Å². The van der Waals surface area contributed by atoms with Crippen molar-refractivity contribution in [3.05, 3.63) is 35.1 Å². The molecule has 2 N–H and O–H groups in total. The van der Waals surface area contributed by atoms with Crippen molar-refractivity contribution in [1.29, 1.82) is 0 Å². The molecular formula is C18H25FN2. The number of hydrogen-bond donors (Lipinski definition) is 1. The lowest BCUT2D eigenvalue weighted by molar-refractivity contribution is 0.239. The number of benzene rings is 1. The molecule has 0 bridgehead atoms. The van der Waals surface area contributed by atoms with Crippen LogP contribution in [0.15, 0.2) is 18.2 Å². The maximum Gasteiger partial charge on any atom is 0.138 e. The largest absolute Gasteiger partial charge is 0.320 e. The fourth-order valence-electron chi connectivity index (χ4n) is 2.40. The molecule has 1 fully saturated rings. The fourth-order valence-corrected chi connectivity index (χ4v) is 2.40. The summed E-state index contributed by atoms with van der Waals surface area (Å²) < 4.78 is 13.7. The molecule has 2 rings (SSSR count). The number of nitrogens with zero attached hydrogens (tertiary/aromatic N) is 1. The average molecular weight is 288 g/mol. The lowest BCUT2D eigenvalue weighted by Crippen LogP contribution is -2.27.